The molecular weight excluding hydrogens is 168 g/mol. The Hall–Kier alpha value is 0. The Balaban J connectivity index is 0.000000293. The number of hydrogen-bond donors (Lipinski definition) is 0. The maximum atomic E-state index is 2.47. The van der Waals surface area contributed by atoms with Gasteiger partial charge in [-0.3, -0.25) is 0 Å². The number of rotatable bonds is 0. The highest BCUT2D eigenvalue weighted by Crippen LogP contribution is 2.62. The zero-order valence-electron chi connectivity index (χ0n) is 10.9. The van der Waals surface area contributed by atoms with E-state index >= 15 is 0 Å². The van der Waals surface area contributed by atoms with Crippen molar-refractivity contribution in [2.75, 3.05) is 0 Å². The molecule has 0 heteroatoms. The van der Waals surface area contributed by atoms with E-state index in [4.69, 9.17) is 0 Å². The van der Waals surface area contributed by atoms with Gasteiger partial charge in [0.05, 0.1) is 0 Å². The van der Waals surface area contributed by atoms with Crippen molar-refractivity contribution in [1.82, 2.24) is 0 Å². The molecule has 0 aromatic carbocycles. The summed E-state index contributed by atoms with van der Waals surface area (Å²) in [5.74, 6) is 4.07. The van der Waals surface area contributed by atoms with Gasteiger partial charge in [-0.1, -0.05) is 48.0 Å². The Morgan fingerprint density at radius 2 is 1.57 bits per heavy atom. The van der Waals surface area contributed by atoms with E-state index in [1.165, 1.54) is 19.3 Å². The Kier molecular flexibility index (Phi) is 3.66. The van der Waals surface area contributed by atoms with Crippen molar-refractivity contribution in [3.8, 4) is 0 Å². The van der Waals surface area contributed by atoms with E-state index in [1.54, 1.807) is 0 Å². The summed E-state index contributed by atoms with van der Waals surface area (Å²) < 4.78 is 0. The lowest BCUT2D eigenvalue weighted by Crippen LogP contribution is -2.54. The van der Waals surface area contributed by atoms with Crippen molar-refractivity contribution in [3.05, 3.63) is 0 Å². The SMILES string of the molecule is CCC.C[C@@H]1[C@@H](C)C[C@H]2C[C@@H]1C2(C)C. The van der Waals surface area contributed by atoms with E-state index in [2.05, 4.69) is 41.5 Å². The fourth-order valence-electron chi connectivity index (χ4n) is 3.41. The molecule has 0 aliphatic heterocycles. The van der Waals surface area contributed by atoms with Crippen molar-refractivity contribution in [2.24, 2.45) is 29.1 Å². The summed E-state index contributed by atoms with van der Waals surface area (Å²) in [7, 11) is 0. The van der Waals surface area contributed by atoms with Crippen LogP contribution < -0.4 is 0 Å². The Labute approximate surface area is 90.5 Å². The van der Waals surface area contributed by atoms with Crippen LogP contribution in [-0.4, -0.2) is 0 Å². The third kappa shape index (κ3) is 1.85. The van der Waals surface area contributed by atoms with E-state index in [0.717, 1.165) is 23.7 Å². The maximum absolute atomic E-state index is 2.47. The molecule has 3 saturated carbocycles. The molecule has 0 radical (unpaired) electrons. The lowest BCUT2D eigenvalue weighted by atomic mass is 9.44. The molecule has 3 aliphatic rings. The van der Waals surface area contributed by atoms with Crippen LogP contribution in [0.1, 0.15) is 60.8 Å². The van der Waals surface area contributed by atoms with Gasteiger partial charge in [0, 0.05) is 0 Å². The van der Waals surface area contributed by atoms with Crippen LogP contribution in [0.3, 0.4) is 0 Å². The van der Waals surface area contributed by atoms with Gasteiger partial charge in [0.1, 0.15) is 0 Å². The van der Waals surface area contributed by atoms with E-state index in [1.807, 2.05) is 0 Å². The maximum Gasteiger partial charge on any atom is -0.0295 e. The zero-order chi connectivity index (χ0) is 10.9. The second kappa shape index (κ2) is 4.24. The highest BCUT2D eigenvalue weighted by molar-refractivity contribution is 5.03. The van der Waals surface area contributed by atoms with Gasteiger partial charge in [0.15, 0.2) is 0 Å². The highest BCUT2D eigenvalue weighted by Gasteiger charge is 2.54. The number of hydrogen-bond acceptors (Lipinski definition) is 0. The molecule has 3 aliphatic carbocycles. The average Bonchev–Trinajstić information content (AvgIpc) is 2.10. The van der Waals surface area contributed by atoms with Crippen LogP contribution in [0.2, 0.25) is 0 Å². The van der Waals surface area contributed by atoms with E-state index < -0.39 is 0 Å². The minimum Gasteiger partial charge on any atom is -0.0656 e. The summed E-state index contributed by atoms with van der Waals surface area (Å²) in [6.45, 7) is 14.1. The molecule has 0 aromatic heterocycles. The largest absolute Gasteiger partial charge is 0.0656 e. The first-order chi connectivity index (χ1) is 6.45. The molecule has 0 N–H and O–H groups in total. The van der Waals surface area contributed by atoms with Gasteiger partial charge < -0.3 is 0 Å². The Bertz CT molecular complexity index is 180. The Morgan fingerprint density at radius 3 is 1.86 bits per heavy atom. The third-order valence-corrected chi connectivity index (χ3v) is 4.73. The van der Waals surface area contributed by atoms with Gasteiger partial charge in [-0.25, -0.2) is 0 Å². The summed E-state index contributed by atoms with van der Waals surface area (Å²) in [4.78, 5) is 0. The summed E-state index contributed by atoms with van der Waals surface area (Å²) in [6.07, 6.45) is 4.27. The second-order valence-corrected chi connectivity index (χ2v) is 6.14. The Morgan fingerprint density at radius 1 is 1.07 bits per heavy atom. The predicted octanol–water partition coefficient (Wildman–Crippen LogP) is 4.74. The summed E-state index contributed by atoms with van der Waals surface area (Å²) in [6, 6.07) is 0. The summed E-state index contributed by atoms with van der Waals surface area (Å²) in [5, 5.41) is 0. The average molecular weight is 196 g/mol. The smallest absolute Gasteiger partial charge is 0.0295 e. The van der Waals surface area contributed by atoms with Gasteiger partial charge in [0.25, 0.3) is 0 Å². The molecule has 3 rings (SSSR count). The molecule has 0 amide bonds. The molecule has 4 atom stereocenters. The van der Waals surface area contributed by atoms with E-state index in [-0.39, 0.29) is 0 Å². The molecule has 84 valence electrons. The first-order valence-corrected chi connectivity index (χ1v) is 6.45. The first kappa shape index (κ1) is 12.1. The van der Waals surface area contributed by atoms with Crippen molar-refractivity contribution in [2.45, 2.75) is 60.8 Å². The van der Waals surface area contributed by atoms with Gasteiger partial charge in [-0.15, -0.1) is 0 Å². The molecule has 0 unspecified atom stereocenters. The normalized spacial score (nSPS) is 43.3. The van der Waals surface area contributed by atoms with Gasteiger partial charge in [-0.05, 0) is 41.9 Å². The molecule has 2 bridgehead atoms. The lowest BCUT2D eigenvalue weighted by molar-refractivity contribution is -0.124. The summed E-state index contributed by atoms with van der Waals surface area (Å²) in [5.41, 5.74) is 0.686. The van der Waals surface area contributed by atoms with Crippen LogP contribution in [0.4, 0.5) is 0 Å². The van der Waals surface area contributed by atoms with Crippen LogP contribution in [0, 0.1) is 29.1 Å². The van der Waals surface area contributed by atoms with E-state index in [0.29, 0.717) is 5.41 Å². The molecule has 0 heterocycles. The number of fused-ring (bicyclic) bond motifs is 2. The second-order valence-electron chi connectivity index (χ2n) is 6.14. The third-order valence-electron chi connectivity index (χ3n) is 4.73. The molecule has 14 heavy (non-hydrogen) atoms. The molecule has 0 spiro atoms. The van der Waals surface area contributed by atoms with Crippen molar-refractivity contribution >= 4 is 0 Å². The minimum atomic E-state index is 0.686. The first-order valence-electron chi connectivity index (χ1n) is 6.45. The highest BCUT2D eigenvalue weighted by atomic mass is 14.6. The van der Waals surface area contributed by atoms with Crippen LogP contribution >= 0.6 is 0 Å². The predicted molar refractivity (Wildman–Crippen MR) is 64.3 cm³/mol. The standard InChI is InChI=1S/C11H20.C3H8/c1-7-5-9-6-10(8(7)2)11(9,3)4;1-3-2/h7-10H,5-6H2,1-4H3;3H2,1-2H3/t7-,8+,9-,10-;/m0./s1. The molecule has 0 aromatic rings. The van der Waals surface area contributed by atoms with Crippen LogP contribution in [0.15, 0.2) is 0 Å². The van der Waals surface area contributed by atoms with Crippen molar-refractivity contribution < 1.29 is 0 Å². The van der Waals surface area contributed by atoms with Crippen molar-refractivity contribution in [1.29, 1.82) is 0 Å². The van der Waals surface area contributed by atoms with Gasteiger partial charge >= 0.3 is 0 Å². The monoisotopic (exact) mass is 196 g/mol. The topological polar surface area (TPSA) is 0 Å². The zero-order valence-corrected chi connectivity index (χ0v) is 10.9. The van der Waals surface area contributed by atoms with Crippen LogP contribution in [0.5, 0.6) is 0 Å². The molecule has 0 nitrogen and oxygen atoms in total. The molecule has 0 saturated heterocycles. The molecular formula is C14H28. The molecule has 3 fully saturated rings. The van der Waals surface area contributed by atoms with Gasteiger partial charge in [0.2, 0.25) is 0 Å². The fourth-order valence-corrected chi connectivity index (χ4v) is 3.41. The minimum absolute atomic E-state index is 0.686. The van der Waals surface area contributed by atoms with Gasteiger partial charge in [-0.2, -0.15) is 0 Å². The van der Waals surface area contributed by atoms with Crippen LogP contribution in [0.25, 0.3) is 0 Å². The quantitative estimate of drug-likeness (QED) is 0.525. The van der Waals surface area contributed by atoms with Crippen molar-refractivity contribution in [3.63, 3.8) is 0 Å². The lowest BCUT2D eigenvalue weighted by Gasteiger charge is -2.61. The van der Waals surface area contributed by atoms with E-state index in [9.17, 15) is 0 Å². The fraction of sp³-hybridized carbons (Fsp3) is 1.00. The van der Waals surface area contributed by atoms with Crippen LogP contribution in [-0.2, 0) is 0 Å². The summed E-state index contributed by atoms with van der Waals surface area (Å²) >= 11 is 0.